The summed E-state index contributed by atoms with van der Waals surface area (Å²) in [6.07, 6.45) is 1.05. The summed E-state index contributed by atoms with van der Waals surface area (Å²) in [7, 11) is 0. The van der Waals surface area contributed by atoms with Crippen molar-refractivity contribution < 1.29 is 9.50 Å². The average Bonchev–Trinajstić information content (AvgIpc) is 2.13. The van der Waals surface area contributed by atoms with E-state index in [4.69, 9.17) is 5.73 Å². The van der Waals surface area contributed by atoms with E-state index >= 15 is 0 Å². The number of nitrogens with zero attached hydrogens (tertiary/aromatic N) is 1. The first-order chi connectivity index (χ1) is 8.02. The SMILES string of the molecule is CC1CC(N)CN(Cc2cc(O)cc(F)c2)C1. The molecule has 3 nitrogen and oxygen atoms in total. The Morgan fingerprint density at radius 3 is 2.82 bits per heavy atom. The zero-order valence-corrected chi connectivity index (χ0v) is 10.1. The van der Waals surface area contributed by atoms with E-state index in [1.165, 1.54) is 6.07 Å². The molecule has 1 aromatic rings. The summed E-state index contributed by atoms with van der Waals surface area (Å²) < 4.78 is 13.1. The van der Waals surface area contributed by atoms with E-state index < -0.39 is 5.82 Å². The van der Waals surface area contributed by atoms with Gasteiger partial charge in [0.25, 0.3) is 0 Å². The number of rotatable bonds is 2. The maximum Gasteiger partial charge on any atom is 0.127 e. The molecular formula is C13H19FN2O. The van der Waals surface area contributed by atoms with Crippen molar-refractivity contribution in [3.63, 3.8) is 0 Å². The first-order valence-corrected chi connectivity index (χ1v) is 5.99. The van der Waals surface area contributed by atoms with Crippen molar-refractivity contribution >= 4 is 0 Å². The summed E-state index contributed by atoms with van der Waals surface area (Å²) in [4.78, 5) is 2.22. The predicted octanol–water partition coefficient (Wildman–Crippen LogP) is 1.70. The molecule has 0 aliphatic carbocycles. The summed E-state index contributed by atoms with van der Waals surface area (Å²) in [6.45, 7) is 4.63. The van der Waals surface area contributed by atoms with Gasteiger partial charge in [-0.25, -0.2) is 4.39 Å². The molecule has 0 spiro atoms. The van der Waals surface area contributed by atoms with Crippen LogP contribution in [0.15, 0.2) is 18.2 Å². The fraction of sp³-hybridized carbons (Fsp3) is 0.538. The second-order valence-corrected chi connectivity index (χ2v) is 5.11. The number of likely N-dealkylation sites (tertiary alicyclic amines) is 1. The molecule has 0 saturated carbocycles. The standard InChI is InChI=1S/C13H19FN2O/c1-9-2-12(15)8-16(6-9)7-10-3-11(14)5-13(17)4-10/h3-5,9,12,17H,2,6-8,15H2,1H3. The molecule has 3 N–H and O–H groups in total. The lowest BCUT2D eigenvalue weighted by molar-refractivity contribution is 0.158. The Bertz CT molecular complexity index is 367. The van der Waals surface area contributed by atoms with Crippen LogP contribution in [0.4, 0.5) is 4.39 Å². The van der Waals surface area contributed by atoms with Crippen molar-refractivity contribution in [3.05, 3.63) is 29.6 Å². The molecule has 4 heteroatoms. The summed E-state index contributed by atoms with van der Waals surface area (Å²) in [5.74, 6) is 0.157. The van der Waals surface area contributed by atoms with Crippen LogP contribution >= 0.6 is 0 Å². The topological polar surface area (TPSA) is 49.5 Å². The summed E-state index contributed by atoms with van der Waals surface area (Å²) in [5.41, 5.74) is 6.76. The van der Waals surface area contributed by atoms with Gasteiger partial charge in [0.05, 0.1) is 0 Å². The van der Waals surface area contributed by atoms with E-state index in [0.29, 0.717) is 12.5 Å². The minimum Gasteiger partial charge on any atom is -0.508 e. The highest BCUT2D eigenvalue weighted by atomic mass is 19.1. The highest BCUT2D eigenvalue weighted by Crippen LogP contribution is 2.20. The van der Waals surface area contributed by atoms with Crippen LogP contribution in [0, 0.1) is 11.7 Å². The molecule has 0 radical (unpaired) electrons. The van der Waals surface area contributed by atoms with Crippen LogP contribution in [0.1, 0.15) is 18.9 Å². The van der Waals surface area contributed by atoms with E-state index in [2.05, 4.69) is 11.8 Å². The normalized spacial score (nSPS) is 26.1. The number of aromatic hydroxyl groups is 1. The number of benzene rings is 1. The number of phenolic OH excluding ortho intramolecular Hbond substituents is 1. The van der Waals surface area contributed by atoms with Crippen LogP contribution in [-0.2, 0) is 6.54 Å². The zero-order chi connectivity index (χ0) is 12.4. The van der Waals surface area contributed by atoms with E-state index in [0.717, 1.165) is 31.1 Å². The van der Waals surface area contributed by atoms with Crippen LogP contribution in [0.3, 0.4) is 0 Å². The Morgan fingerprint density at radius 2 is 2.18 bits per heavy atom. The molecule has 0 amide bonds. The molecule has 17 heavy (non-hydrogen) atoms. The lowest BCUT2D eigenvalue weighted by Gasteiger charge is -2.34. The second kappa shape index (κ2) is 5.02. The van der Waals surface area contributed by atoms with Crippen LogP contribution < -0.4 is 5.73 Å². The molecule has 1 aromatic carbocycles. The van der Waals surface area contributed by atoms with Crippen molar-refractivity contribution in [2.24, 2.45) is 11.7 Å². The Labute approximate surface area is 101 Å². The van der Waals surface area contributed by atoms with Gasteiger partial charge in [0.15, 0.2) is 0 Å². The van der Waals surface area contributed by atoms with Crippen molar-refractivity contribution in [2.75, 3.05) is 13.1 Å². The third-order valence-corrected chi connectivity index (χ3v) is 3.12. The van der Waals surface area contributed by atoms with Gasteiger partial charge in [-0.2, -0.15) is 0 Å². The minimum atomic E-state index is -0.394. The lowest BCUT2D eigenvalue weighted by atomic mass is 9.96. The van der Waals surface area contributed by atoms with Gasteiger partial charge < -0.3 is 10.8 Å². The van der Waals surface area contributed by atoms with Crippen molar-refractivity contribution in [2.45, 2.75) is 25.9 Å². The fourth-order valence-electron chi connectivity index (χ4n) is 2.62. The van der Waals surface area contributed by atoms with Crippen LogP contribution in [0.5, 0.6) is 5.75 Å². The van der Waals surface area contributed by atoms with Gasteiger partial charge >= 0.3 is 0 Å². The largest absolute Gasteiger partial charge is 0.508 e. The van der Waals surface area contributed by atoms with Crippen molar-refractivity contribution in [3.8, 4) is 5.75 Å². The van der Waals surface area contributed by atoms with E-state index in [1.54, 1.807) is 6.07 Å². The van der Waals surface area contributed by atoms with Gasteiger partial charge in [-0.3, -0.25) is 4.90 Å². The first-order valence-electron chi connectivity index (χ1n) is 5.99. The van der Waals surface area contributed by atoms with Gasteiger partial charge in [0.1, 0.15) is 11.6 Å². The van der Waals surface area contributed by atoms with Gasteiger partial charge in [0.2, 0.25) is 0 Å². The highest BCUT2D eigenvalue weighted by Gasteiger charge is 2.22. The molecular weight excluding hydrogens is 219 g/mol. The molecule has 1 aliphatic rings. The maximum atomic E-state index is 13.1. The maximum absolute atomic E-state index is 13.1. The van der Waals surface area contributed by atoms with E-state index in [9.17, 15) is 9.50 Å². The molecule has 1 saturated heterocycles. The smallest absolute Gasteiger partial charge is 0.127 e. The van der Waals surface area contributed by atoms with E-state index in [1.807, 2.05) is 0 Å². The number of hydrogen-bond donors (Lipinski definition) is 2. The zero-order valence-electron chi connectivity index (χ0n) is 10.1. The number of hydrogen-bond acceptors (Lipinski definition) is 3. The lowest BCUT2D eigenvalue weighted by Crippen LogP contribution is -2.45. The quantitative estimate of drug-likeness (QED) is 0.824. The number of halogens is 1. The van der Waals surface area contributed by atoms with Crippen LogP contribution in [0.2, 0.25) is 0 Å². The summed E-state index contributed by atoms with van der Waals surface area (Å²) >= 11 is 0. The third kappa shape index (κ3) is 3.41. The molecule has 0 bridgehead atoms. The summed E-state index contributed by atoms with van der Waals surface area (Å²) in [6, 6.07) is 4.38. The molecule has 2 unspecified atom stereocenters. The fourth-order valence-corrected chi connectivity index (χ4v) is 2.62. The average molecular weight is 238 g/mol. The minimum absolute atomic E-state index is 0.0191. The van der Waals surface area contributed by atoms with Crippen molar-refractivity contribution in [1.82, 2.24) is 4.90 Å². The molecule has 2 rings (SSSR count). The Balaban J connectivity index is 2.04. The third-order valence-electron chi connectivity index (χ3n) is 3.12. The van der Waals surface area contributed by atoms with Gasteiger partial charge in [-0.15, -0.1) is 0 Å². The first kappa shape index (κ1) is 12.3. The number of piperidine rings is 1. The Hall–Kier alpha value is -1.13. The molecule has 1 fully saturated rings. The van der Waals surface area contributed by atoms with Gasteiger partial charge in [-0.1, -0.05) is 6.92 Å². The van der Waals surface area contributed by atoms with Gasteiger partial charge in [0, 0.05) is 31.7 Å². The monoisotopic (exact) mass is 238 g/mol. The number of phenols is 1. The van der Waals surface area contributed by atoms with E-state index in [-0.39, 0.29) is 11.8 Å². The molecule has 2 atom stereocenters. The molecule has 1 heterocycles. The van der Waals surface area contributed by atoms with Crippen molar-refractivity contribution in [1.29, 1.82) is 0 Å². The van der Waals surface area contributed by atoms with Crippen LogP contribution in [-0.4, -0.2) is 29.1 Å². The summed E-state index contributed by atoms with van der Waals surface area (Å²) in [5, 5.41) is 9.34. The Kier molecular flexibility index (Phi) is 3.64. The molecule has 1 aliphatic heterocycles. The molecule has 0 aromatic heterocycles. The number of nitrogens with two attached hydrogens (primary N) is 1. The van der Waals surface area contributed by atoms with Gasteiger partial charge in [-0.05, 0) is 30.0 Å². The van der Waals surface area contributed by atoms with Crippen LogP contribution in [0.25, 0.3) is 0 Å². The Morgan fingerprint density at radius 1 is 1.41 bits per heavy atom. The highest BCUT2D eigenvalue weighted by molar-refractivity contribution is 5.28. The second-order valence-electron chi connectivity index (χ2n) is 5.11. The predicted molar refractivity (Wildman–Crippen MR) is 65.1 cm³/mol. The molecule has 94 valence electrons.